The molecule has 3 rings (SSSR count). The van der Waals surface area contributed by atoms with Crippen molar-refractivity contribution in [1.29, 1.82) is 0 Å². The molecule has 172 valence electrons. The van der Waals surface area contributed by atoms with Crippen molar-refractivity contribution in [1.82, 2.24) is 26.1 Å². The summed E-state index contributed by atoms with van der Waals surface area (Å²) >= 11 is 0. The van der Waals surface area contributed by atoms with Crippen LogP contribution >= 0.6 is 0 Å². The molecule has 0 radical (unpaired) electrons. The Morgan fingerprint density at radius 1 is 0.733 bits per heavy atom. The third-order valence-electron chi connectivity index (χ3n) is 4.92. The van der Waals surface area contributed by atoms with Crippen LogP contribution in [0.1, 0.15) is 63.8 Å². The molecule has 7 nitrogen and oxygen atoms in total. The number of rotatable bonds is 6. The third kappa shape index (κ3) is 10.1. The fourth-order valence-corrected chi connectivity index (χ4v) is 3.23. The van der Waals surface area contributed by atoms with Crippen LogP contribution in [0.25, 0.3) is 0 Å². The summed E-state index contributed by atoms with van der Waals surface area (Å²) in [4.78, 5) is 4.72. The number of nitrogens with one attached hydrogen (secondary N) is 2. The molecule has 2 saturated heterocycles. The molecule has 0 saturated carbocycles. The first-order valence-electron chi connectivity index (χ1n) is 9.80. The quantitative estimate of drug-likeness (QED) is 0.287. The van der Waals surface area contributed by atoms with Gasteiger partial charge in [0.1, 0.15) is 0 Å². The van der Waals surface area contributed by atoms with Gasteiger partial charge in [0.2, 0.25) is 0 Å². The van der Waals surface area contributed by atoms with Gasteiger partial charge in [-0.05, 0) is 51.7 Å². The van der Waals surface area contributed by atoms with Gasteiger partial charge in [-0.2, -0.15) is 10.2 Å². The number of hydrogen-bond donors (Lipinski definition) is 2. The molecule has 0 aliphatic carbocycles. The number of nitrogens with zero attached hydrogens (tertiary/aromatic N) is 5. The van der Waals surface area contributed by atoms with Crippen LogP contribution < -0.4 is 48.3 Å². The molecule has 0 spiro atoms. The first kappa shape index (κ1) is 31.6. The molecule has 0 aromatic carbocycles. The van der Waals surface area contributed by atoms with E-state index in [0.717, 1.165) is 49.0 Å². The summed E-state index contributed by atoms with van der Waals surface area (Å²) in [7, 11) is 0. The number of hydrazine groups is 2. The summed E-state index contributed by atoms with van der Waals surface area (Å²) in [6.07, 6.45) is 7.55. The standard InChI is InChI=1S/C19H31N7.3ClH.Co/c1-16(21-23-25-12-5-3-6-13-25)18-10-9-11-19(20-18)17(2)22-24-26-14-7-4-8-15-26;;;;/h9-11,23-24H,3-8,12-15H2,1-2H3;3*1H;/q;;;;+3/p-3. The van der Waals surface area contributed by atoms with E-state index in [1.807, 2.05) is 32.0 Å². The predicted molar refractivity (Wildman–Crippen MR) is 106 cm³/mol. The van der Waals surface area contributed by atoms with Gasteiger partial charge in [-0.1, -0.05) is 18.9 Å². The van der Waals surface area contributed by atoms with Crippen molar-refractivity contribution in [3.05, 3.63) is 29.6 Å². The number of hydrogen-bond acceptors (Lipinski definition) is 7. The monoisotopic (exact) mass is 521 g/mol. The van der Waals surface area contributed by atoms with Crippen LogP contribution in [0.3, 0.4) is 0 Å². The Balaban J connectivity index is 0. The second kappa shape index (κ2) is 17.0. The molecule has 2 N–H and O–H groups in total. The first-order valence-corrected chi connectivity index (χ1v) is 9.80. The summed E-state index contributed by atoms with van der Waals surface area (Å²) in [6.45, 7) is 8.19. The normalized spacial score (nSPS) is 18.1. The van der Waals surface area contributed by atoms with E-state index in [4.69, 9.17) is 4.98 Å². The van der Waals surface area contributed by atoms with E-state index in [2.05, 4.69) is 31.3 Å². The number of pyridine rings is 1. The second-order valence-electron chi connectivity index (χ2n) is 7.10. The maximum absolute atomic E-state index is 4.72. The molecule has 0 unspecified atom stereocenters. The minimum absolute atomic E-state index is 0. The fraction of sp³-hybridized carbons (Fsp3) is 0.632. The average molecular weight is 523 g/mol. The van der Waals surface area contributed by atoms with E-state index in [1.54, 1.807) is 0 Å². The summed E-state index contributed by atoms with van der Waals surface area (Å²) in [6, 6.07) is 5.99. The Bertz CT molecular complexity index is 598. The third-order valence-corrected chi connectivity index (χ3v) is 4.92. The van der Waals surface area contributed by atoms with Crippen LogP contribution in [-0.4, -0.2) is 52.6 Å². The van der Waals surface area contributed by atoms with Crippen LogP contribution in [0, 0.1) is 0 Å². The molecule has 0 atom stereocenters. The molecule has 2 aliphatic rings. The van der Waals surface area contributed by atoms with Crippen molar-refractivity contribution in [2.24, 2.45) is 10.2 Å². The zero-order chi connectivity index (χ0) is 18.2. The van der Waals surface area contributed by atoms with Gasteiger partial charge in [0.25, 0.3) is 0 Å². The van der Waals surface area contributed by atoms with Gasteiger partial charge in [0.15, 0.2) is 0 Å². The topological polar surface area (TPSA) is 68.2 Å². The van der Waals surface area contributed by atoms with E-state index in [-0.39, 0.29) is 54.0 Å². The molecule has 1 aromatic heterocycles. The number of halogens is 3. The van der Waals surface area contributed by atoms with E-state index in [1.165, 1.54) is 38.5 Å². The summed E-state index contributed by atoms with van der Waals surface area (Å²) < 4.78 is 0. The zero-order valence-electron chi connectivity index (χ0n) is 17.5. The Hall–Kier alpha value is -0.614. The average Bonchev–Trinajstić information content (AvgIpc) is 2.72. The van der Waals surface area contributed by atoms with Gasteiger partial charge in [0, 0.05) is 26.2 Å². The smallest absolute Gasteiger partial charge is 1.00 e. The minimum Gasteiger partial charge on any atom is -1.00 e. The van der Waals surface area contributed by atoms with Gasteiger partial charge < -0.3 is 37.2 Å². The van der Waals surface area contributed by atoms with Crippen molar-refractivity contribution in [2.45, 2.75) is 52.4 Å². The molecule has 2 fully saturated rings. The van der Waals surface area contributed by atoms with Crippen LogP contribution in [0.2, 0.25) is 0 Å². The Morgan fingerprint density at radius 3 is 1.47 bits per heavy atom. The van der Waals surface area contributed by atoms with Crippen molar-refractivity contribution in [3.8, 4) is 0 Å². The minimum atomic E-state index is 0. The van der Waals surface area contributed by atoms with Crippen LogP contribution in [0.5, 0.6) is 0 Å². The van der Waals surface area contributed by atoms with Gasteiger partial charge in [-0.3, -0.25) is 0 Å². The number of hydrazone groups is 2. The molecule has 1 aromatic rings. The van der Waals surface area contributed by atoms with Gasteiger partial charge in [-0.15, -0.1) is 0 Å². The fourth-order valence-electron chi connectivity index (χ4n) is 3.23. The van der Waals surface area contributed by atoms with Crippen LogP contribution in [-0.2, 0) is 16.8 Å². The Labute approximate surface area is 209 Å². The van der Waals surface area contributed by atoms with Gasteiger partial charge in [0.05, 0.1) is 22.8 Å². The number of aromatic nitrogens is 1. The van der Waals surface area contributed by atoms with E-state index in [0.29, 0.717) is 0 Å². The summed E-state index contributed by atoms with van der Waals surface area (Å²) in [5.74, 6) is 0. The molecular weight excluding hydrogens is 492 g/mol. The maximum atomic E-state index is 4.72. The largest absolute Gasteiger partial charge is 3.00 e. The second-order valence-corrected chi connectivity index (χ2v) is 7.10. The summed E-state index contributed by atoms with van der Waals surface area (Å²) in [5, 5.41) is 13.4. The van der Waals surface area contributed by atoms with E-state index < -0.39 is 0 Å². The maximum Gasteiger partial charge on any atom is 3.00 e. The molecule has 2 aliphatic heterocycles. The van der Waals surface area contributed by atoms with Crippen molar-refractivity contribution in [2.75, 3.05) is 26.2 Å². The molecule has 30 heavy (non-hydrogen) atoms. The van der Waals surface area contributed by atoms with Crippen molar-refractivity contribution < 1.29 is 54.0 Å². The molecule has 0 bridgehead atoms. The van der Waals surface area contributed by atoms with Crippen LogP contribution in [0.4, 0.5) is 0 Å². The zero-order valence-corrected chi connectivity index (χ0v) is 20.8. The molecule has 3 heterocycles. The SMILES string of the molecule is CC(=NNN1CCCCC1)c1cccc(C(C)=NNN2CCCCC2)n1.[Cl-].[Cl-].[Cl-].[Co+3]. The first-order chi connectivity index (χ1) is 12.7. The molecule has 0 amide bonds. The molecular formula is C19H31Cl3CoN7. The summed E-state index contributed by atoms with van der Waals surface area (Å²) in [5.41, 5.74) is 9.85. The predicted octanol–water partition coefficient (Wildman–Crippen LogP) is -6.48. The Kier molecular flexibility index (Phi) is 17.9. The van der Waals surface area contributed by atoms with Crippen LogP contribution in [0.15, 0.2) is 28.4 Å². The van der Waals surface area contributed by atoms with Gasteiger partial charge >= 0.3 is 16.8 Å². The van der Waals surface area contributed by atoms with Crippen molar-refractivity contribution in [3.63, 3.8) is 0 Å². The van der Waals surface area contributed by atoms with Gasteiger partial charge in [-0.25, -0.2) is 26.1 Å². The Morgan fingerprint density at radius 2 is 1.10 bits per heavy atom. The molecule has 11 heteroatoms. The van der Waals surface area contributed by atoms with E-state index >= 15 is 0 Å². The van der Waals surface area contributed by atoms with Crippen molar-refractivity contribution >= 4 is 11.4 Å². The number of piperidine rings is 2. The van der Waals surface area contributed by atoms with E-state index in [9.17, 15) is 0 Å².